The summed E-state index contributed by atoms with van der Waals surface area (Å²) in [5, 5.41) is 9.42. The SMILES string of the molecule is N#CC1CCCN(C(=O)c2nc(Cl)ccc2Cl)C1. The minimum atomic E-state index is -0.262. The van der Waals surface area contributed by atoms with Gasteiger partial charge < -0.3 is 4.90 Å². The van der Waals surface area contributed by atoms with E-state index < -0.39 is 0 Å². The highest BCUT2D eigenvalue weighted by Crippen LogP contribution is 2.22. The van der Waals surface area contributed by atoms with Crippen LogP contribution in [0.1, 0.15) is 23.3 Å². The van der Waals surface area contributed by atoms with Crippen LogP contribution in [0.4, 0.5) is 0 Å². The number of nitrogens with zero attached hydrogens (tertiary/aromatic N) is 3. The quantitative estimate of drug-likeness (QED) is 0.745. The van der Waals surface area contributed by atoms with Crippen LogP contribution < -0.4 is 0 Å². The van der Waals surface area contributed by atoms with Crippen molar-refractivity contribution < 1.29 is 4.79 Å². The van der Waals surface area contributed by atoms with Gasteiger partial charge in [-0.1, -0.05) is 23.2 Å². The Hall–Kier alpha value is -1.31. The molecule has 1 aromatic rings. The molecule has 1 aliphatic heterocycles. The highest BCUT2D eigenvalue weighted by molar-refractivity contribution is 6.34. The molecule has 6 heteroatoms. The minimum absolute atomic E-state index is 0.111. The maximum Gasteiger partial charge on any atom is 0.274 e. The summed E-state index contributed by atoms with van der Waals surface area (Å²) >= 11 is 11.7. The second-order valence-corrected chi connectivity index (χ2v) is 4.98. The summed E-state index contributed by atoms with van der Waals surface area (Å²) in [7, 11) is 0. The molecule has 1 aromatic heterocycles. The number of amides is 1. The van der Waals surface area contributed by atoms with E-state index in [1.54, 1.807) is 11.0 Å². The van der Waals surface area contributed by atoms with E-state index >= 15 is 0 Å². The molecular formula is C12H11Cl2N3O. The molecule has 0 spiro atoms. The molecule has 2 rings (SSSR count). The molecule has 4 nitrogen and oxygen atoms in total. The first-order valence-electron chi connectivity index (χ1n) is 5.62. The molecule has 1 fully saturated rings. The van der Waals surface area contributed by atoms with Crippen LogP contribution in [0.5, 0.6) is 0 Å². The number of carbonyl (C=O) groups excluding carboxylic acids is 1. The molecule has 0 radical (unpaired) electrons. The summed E-state index contributed by atoms with van der Waals surface area (Å²) in [6.45, 7) is 1.06. The van der Waals surface area contributed by atoms with E-state index in [4.69, 9.17) is 28.5 Å². The van der Waals surface area contributed by atoms with Gasteiger partial charge in [-0.3, -0.25) is 4.79 Å². The van der Waals surface area contributed by atoms with Crippen LogP contribution in [0.2, 0.25) is 10.2 Å². The third-order valence-electron chi connectivity index (χ3n) is 2.91. The average molecular weight is 284 g/mol. The number of halogens is 2. The largest absolute Gasteiger partial charge is 0.336 e. The van der Waals surface area contributed by atoms with Crippen LogP contribution in [-0.2, 0) is 0 Å². The van der Waals surface area contributed by atoms with Gasteiger partial charge in [-0.25, -0.2) is 4.98 Å². The lowest BCUT2D eigenvalue weighted by Gasteiger charge is -2.29. The third-order valence-corrected chi connectivity index (χ3v) is 3.42. The lowest BCUT2D eigenvalue weighted by atomic mass is 9.99. The molecule has 2 heterocycles. The zero-order valence-electron chi connectivity index (χ0n) is 9.57. The van der Waals surface area contributed by atoms with Gasteiger partial charge in [0.25, 0.3) is 5.91 Å². The molecule has 1 unspecified atom stereocenters. The zero-order valence-corrected chi connectivity index (χ0v) is 11.1. The average Bonchev–Trinajstić information content (AvgIpc) is 2.41. The van der Waals surface area contributed by atoms with Crippen LogP contribution in [0.15, 0.2) is 12.1 Å². The van der Waals surface area contributed by atoms with Gasteiger partial charge in [-0.2, -0.15) is 5.26 Å². The van der Waals surface area contributed by atoms with Crippen molar-refractivity contribution in [3.05, 3.63) is 28.0 Å². The maximum absolute atomic E-state index is 12.2. The predicted molar refractivity (Wildman–Crippen MR) is 68.5 cm³/mol. The molecule has 0 N–H and O–H groups in total. The molecule has 0 aromatic carbocycles. The van der Waals surface area contributed by atoms with Gasteiger partial charge in [-0.15, -0.1) is 0 Å². The predicted octanol–water partition coefficient (Wildman–Crippen LogP) is 2.76. The fourth-order valence-corrected chi connectivity index (χ4v) is 2.32. The number of carbonyl (C=O) groups is 1. The van der Waals surface area contributed by atoms with Crippen molar-refractivity contribution in [1.82, 2.24) is 9.88 Å². The molecule has 1 saturated heterocycles. The Balaban J connectivity index is 2.21. The van der Waals surface area contributed by atoms with Crippen LogP contribution in [-0.4, -0.2) is 28.9 Å². The summed E-state index contributed by atoms with van der Waals surface area (Å²) in [6, 6.07) is 5.28. The zero-order chi connectivity index (χ0) is 13.1. The van der Waals surface area contributed by atoms with Crippen LogP contribution in [0.25, 0.3) is 0 Å². The highest BCUT2D eigenvalue weighted by atomic mass is 35.5. The molecule has 94 valence electrons. The number of hydrogen-bond acceptors (Lipinski definition) is 3. The Morgan fingerprint density at radius 3 is 3.00 bits per heavy atom. The highest BCUT2D eigenvalue weighted by Gasteiger charge is 2.26. The first-order chi connectivity index (χ1) is 8.61. The standard InChI is InChI=1S/C12H11Cl2N3O/c13-9-3-4-10(14)16-11(9)12(18)17-5-1-2-8(6-15)7-17/h3-4,8H,1-2,5,7H2. The van der Waals surface area contributed by atoms with Gasteiger partial charge in [0.15, 0.2) is 0 Å². The summed E-state index contributed by atoms with van der Waals surface area (Å²) in [4.78, 5) is 17.8. The third kappa shape index (κ3) is 2.74. The summed E-state index contributed by atoms with van der Waals surface area (Å²) in [6.07, 6.45) is 1.65. The Bertz CT molecular complexity index is 513. The molecule has 0 bridgehead atoms. The van der Waals surface area contributed by atoms with Gasteiger partial charge in [0.1, 0.15) is 10.8 Å². The van der Waals surface area contributed by atoms with Crippen LogP contribution >= 0.6 is 23.2 Å². The van der Waals surface area contributed by atoms with E-state index in [0.717, 1.165) is 12.8 Å². The van der Waals surface area contributed by atoms with Crippen molar-refractivity contribution in [3.63, 3.8) is 0 Å². The maximum atomic E-state index is 12.2. The Kier molecular flexibility index (Phi) is 4.05. The molecule has 0 aliphatic carbocycles. The number of piperidine rings is 1. The Labute approximate surface area is 115 Å². The van der Waals surface area contributed by atoms with E-state index in [2.05, 4.69) is 11.1 Å². The number of hydrogen-bond donors (Lipinski definition) is 0. The van der Waals surface area contributed by atoms with Crippen molar-refractivity contribution in [3.8, 4) is 6.07 Å². The van der Waals surface area contributed by atoms with Gasteiger partial charge in [0, 0.05) is 13.1 Å². The monoisotopic (exact) mass is 283 g/mol. The molecular weight excluding hydrogens is 273 g/mol. The Morgan fingerprint density at radius 2 is 2.28 bits per heavy atom. The van der Waals surface area contributed by atoms with E-state index in [1.165, 1.54) is 6.07 Å². The van der Waals surface area contributed by atoms with Crippen molar-refractivity contribution in [2.45, 2.75) is 12.8 Å². The summed E-state index contributed by atoms with van der Waals surface area (Å²) in [5.74, 6) is -0.372. The van der Waals surface area contributed by atoms with Crippen molar-refractivity contribution >= 4 is 29.1 Å². The molecule has 0 saturated carbocycles. The van der Waals surface area contributed by atoms with Crippen LogP contribution in [0, 0.1) is 17.2 Å². The molecule has 1 atom stereocenters. The topological polar surface area (TPSA) is 57.0 Å². The normalized spacial score (nSPS) is 19.4. The summed E-state index contributed by atoms with van der Waals surface area (Å²) < 4.78 is 0. The van der Waals surface area contributed by atoms with E-state index in [0.29, 0.717) is 13.1 Å². The van der Waals surface area contributed by atoms with Gasteiger partial charge in [0.05, 0.1) is 17.0 Å². The van der Waals surface area contributed by atoms with Gasteiger partial charge >= 0.3 is 0 Å². The molecule has 1 amide bonds. The lowest BCUT2D eigenvalue weighted by molar-refractivity contribution is 0.0693. The van der Waals surface area contributed by atoms with E-state index in [-0.39, 0.29) is 27.7 Å². The van der Waals surface area contributed by atoms with Gasteiger partial charge in [-0.05, 0) is 25.0 Å². The second kappa shape index (κ2) is 5.55. The van der Waals surface area contributed by atoms with Crippen molar-refractivity contribution in [2.75, 3.05) is 13.1 Å². The fraction of sp³-hybridized carbons (Fsp3) is 0.417. The number of aromatic nitrogens is 1. The Morgan fingerprint density at radius 1 is 1.50 bits per heavy atom. The van der Waals surface area contributed by atoms with Gasteiger partial charge in [0.2, 0.25) is 0 Å². The molecule has 18 heavy (non-hydrogen) atoms. The van der Waals surface area contributed by atoms with Crippen molar-refractivity contribution in [2.24, 2.45) is 5.92 Å². The second-order valence-electron chi connectivity index (χ2n) is 4.18. The van der Waals surface area contributed by atoms with Crippen LogP contribution in [0.3, 0.4) is 0 Å². The molecule has 1 aliphatic rings. The number of nitriles is 1. The summed E-state index contributed by atoms with van der Waals surface area (Å²) in [5.41, 5.74) is 0.155. The lowest BCUT2D eigenvalue weighted by Crippen LogP contribution is -2.40. The number of rotatable bonds is 1. The van der Waals surface area contributed by atoms with Crippen molar-refractivity contribution in [1.29, 1.82) is 5.26 Å². The number of likely N-dealkylation sites (tertiary alicyclic amines) is 1. The first-order valence-corrected chi connectivity index (χ1v) is 6.38. The first kappa shape index (κ1) is 13.1. The smallest absolute Gasteiger partial charge is 0.274 e. The van der Waals surface area contributed by atoms with E-state index in [1.807, 2.05) is 0 Å². The minimum Gasteiger partial charge on any atom is -0.336 e. The fourth-order valence-electron chi connectivity index (χ4n) is 1.99. The number of pyridine rings is 1. The van der Waals surface area contributed by atoms with E-state index in [9.17, 15) is 4.79 Å².